The van der Waals surface area contributed by atoms with E-state index in [1.54, 1.807) is 6.07 Å². The monoisotopic (exact) mass is 301 g/mol. The highest BCUT2D eigenvalue weighted by atomic mass is 35.5. The summed E-state index contributed by atoms with van der Waals surface area (Å²) in [6, 6.07) is 6.26. The van der Waals surface area contributed by atoms with Gasteiger partial charge in [0, 0.05) is 11.8 Å². The van der Waals surface area contributed by atoms with Gasteiger partial charge in [0.2, 0.25) is 5.28 Å². The largest absolute Gasteiger partial charge is 0.433 e. The molecule has 20 heavy (non-hydrogen) atoms. The van der Waals surface area contributed by atoms with Crippen LogP contribution in [0.2, 0.25) is 5.28 Å². The van der Waals surface area contributed by atoms with E-state index in [2.05, 4.69) is 15.3 Å². The van der Waals surface area contributed by atoms with Crippen molar-refractivity contribution >= 4 is 23.1 Å². The van der Waals surface area contributed by atoms with Gasteiger partial charge in [-0.25, -0.2) is 9.97 Å². The predicted molar refractivity (Wildman–Crippen MR) is 71.2 cm³/mol. The number of hydrogen-bond donors (Lipinski definition) is 1. The number of halogens is 4. The molecule has 0 unspecified atom stereocenters. The number of rotatable bonds is 2. The molecule has 0 amide bonds. The van der Waals surface area contributed by atoms with Crippen molar-refractivity contribution in [2.75, 3.05) is 5.32 Å². The second kappa shape index (κ2) is 5.28. The lowest BCUT2D eigenvalue weighted by atomic mass is 10.1. The molecule has 0 aliphatic heterocycles. The third kappa shape index (κ3) is 3.39. The molecule has 2 aromatic rings. The summed E-state index contributed by atoms with van der Waals surface area (Å²) < 4.78 is 37.9. The van der Waals surface area contributed by atoms with Gasteiger partial charge in [-0.15, -0.1) is 0 Å². The zero-order chi connectivity index (χ0) is 14.9. The molecule has 0 atom stereocenters. The molecule has 0 bridgehead atoms. The number of alkyl halides is 3. The molecule has 0 aliphatic carbocycles. The van der Waals surface area contributed by atoms with E-state index in [1.807, 2.05) is 26.0 Å². The first-order valence-corrected chi connectivity index (χ1v) is 6.09. The average Bonchev–Trinajstić information content (AvgIpc) is 2.32. The summed E-state index contributed by atoms with van der Waals surface area (Å²) in [5.74, 6) is 0.000535. The molecule has 0 saturated carbocycles. The van der Waals surface area contributed by atoms with Gasteiger partial charge in [0.05, 0.1) is 0 Å². The second-order valence-corrected chi connectivity index (χ2v) is 4.67. The minimum absolute atomic E-state index is 0.000535. The van der Waals surface area contributed by atoms with E-state index in [0.29, 0.717) is 5.69 Å². The Morgan fingerprint density at radius 1 is 1.05 bits per heavy atom. The molecule has 0 fully saturated rings. The van der Waals surface area contributed by atoms with Gasteiger partial charge in [0.15, 0.2) is 5.69 Å². The minimum atomic E-state index is -4.56. The average molecular weight is 302 g/mol. The van der Waals surface area contributed by atoms with Gasteiger partial charge in [0.25, 0.3) is 0 Å². The Morgan fingerprint density at radius 3 is 2.35 bits per heavy atom. The summed E-state index contributed by atoms with van der Waals surface area (Å²) in [6.07, 6.45) is -4.56. The maximum atomic E-state index is 12.6. The molecule has 1 aromatic heterocycles. The summed E-state index contributed by atoms with van der Waals surface area (Å²) in [4.78, 5) is 6.91. The summed E-state index contributed by atoms with van der Waals surface area (Å²) in [7, 11) is 0. The molecular weight excluding hydrogens is 291 g/mol. The van der Waals surface area contributed by atoms with Crippen molar-refractivity contribution in [1.29, 1.82) is 0 Å². The first kappa shape index (κ1) is 14.6. The Hall–Kier alpha value is -1.82. The third-order valence-corrected chi connectivity index (χ3v) is 2.94. The van der Waals surface area contributed by atoms with Crippen molar-refractivity contribution in [2.45, 2.75) is 20.0 Å². The number of aromatic nitrogens is 2. The van der Waals surface area contributed by atoms with Gasteiger partial charge in [0.1, 0.15) is 5.82 Å². The first-order chi connectivity index (χ1) is 9.25. The predicted octanol–water partition coefficient (Wildman–Crippen LogP) is 4.51. The van der Waals surface area contributed by atoms with Crippen LogP contribution in [0.4, 0.5) is 24.7 Å². The smallest absolute Gasteiger partial charge is 0.340 e. The maximum absolute atomic E-state index is 12.6. The molecule has 106 valence electrons. The van der Waals surface area contributed by atoms with E-state index < -0.39 is 17.2 Å². The van der Waals surface area contributed by atoms with Crippen LogP contribution in [-0.2, 0) is 6.18 Å². The molecule has 0 saturated heterocycles. The molecule has 0 spiro atoms. The molecule has 1 heterocycles. The molecule has 7 heteroatoms. The van der Waals surface area contributed by atoms with Gasteiger partial charge < -0.3 is 5.32 Å². The SMILES string of the molecule is Cc1ccc(Nc2cc(C(F)(F)F)nc(Cl)n2)cc1C. The summed E-state index contributed by atoms with van der Waals surface area (Å²) in [6.45, 7) is 3.86. The highest BCUT2D eigenvalue weighted by molar-refractivity contribution is 6.28. The Labute approximate surface area is 118 Å². The van der Waals surface area contributed by atoms with Crippen LogP contribution in [-0.4, -0.2) is 9.97 Å². The van der Waals surface area contributed by atoms with Crippen molar-refractivity contribution in [1.82, 2.24) is 9.97 Å². The maximum Gasteiger partial charge on any atom is 0.433 e. The number of nitrogens with one attached hydrogen (secondary N) is 1. The van der Waals surface area contributed by atoms with Crippen LogP contribution < -0.4 is 5.32 Å². The van der Waals surface area contributed by atoms with E-state index in [-0.39, 0.29) is 5.82 Å². The van der Waals surface area contributed by atoms with Crippen molar-refractivity contribution in [3.63, 3.8) is 0 Å². The van der Waals surface area contributed by atoms with E-state index >= 15 is 0 Å². The minimum Gasteiger partial charge on any atom is -0.340 e. The summed E-state index contributed by atoms with van der Waals surface area (Å²) >= 11 is 5.52. The van der Waals surface area contributed by atoms with E-state index in [1.165, 1.54) is 0 Å². The number of nitrogens with zero attached hydrogens (tertiary/aromatic N) is 2. The highest BCUT2D eigenvalue weighted by Gasteiger charge is 2.33. The van der Waals surface area contributed by atoms with Crippen molar-refractivity contribution in [3.05, 3.63) is 46.4 Å². The Morgan fingerprint density at radius 2 is 1.75 bits per heavy atom. The van der Waals surface area contributed by atoms with Crippen LogP contribution in [0.5, 0.6) is 0 Å². The molecule has 2 rings (SSSR count). The summed E-state index contributed by atoms with van der Waals surface area (Å²) in [5.41, 5.74) is 1.67. The number of anilines is 2. The van der Waals surface area contributed by atoms with Crippen LogP contribution in [0.25, 0.3) is 0 Å². The normalized spacial score (nSPS) is 11.5. The van der Waals surface area contributed by atoms with Crippen molar-refractivity contribution in [3.8, 4) is 0 Å². The molecule has 0 aliphatic rings. The quantitative estimate of drug-likeness (QED) is 0.829. The molecule has 0 radical (unpaired) electrons. The number of benzene rings is 1. The van der Waals surface area contributed by atoms with Gasteiger partial charge in [-0.2, -0.15) is 13.2 Å². The Balaban J connectivity index is 2.33. The number of hydrogen-bond acceptors (Lipinski definition) is 3. The van der Waals surface area contributed by atoms with Crippen molar-refractivity contribution in [2.24, 2.45) is 0 Å². The van der Waals surface area contributed by atoms with Crippen LogP contribution in [0, 0.1) is 13.8 Å². The van der Waals surface area contributed by atoms with E-state index in [9.17, 15) is 13.2 Å². The van der Waals surface area contributed by atoms with Crippen molar-refractivity contribution < 1.29 is 13.2 Å². The fourth-order valence-corrected chi connectivity index (χ4v) is 1.78. The Bertz CT molecular complexity index is 641. The lowest BCUT2D eigenvalue weighted by molar-refractivity contribution is -0.141. The molecular formula is C13H11ClF3N3. The molecule has 3 nitrogen and oxygen atoms in total. The van der Waals surface area contributed by atoms with Crippen LogP contribution in [0.3, 0.4) is 0 Å². The third-order valence-electron chi connectivity index (χ3n) is 2.77. The van der Waals surface area contributed by atoms with Gasteiger partial charge >= 0.3 is 6.18 Å². The standard InChI is InChI=1S/C13H11ClF3N3/c1-7-3-4-9(5-8(7)2)18-11-6-10(13(15,16)17)19-12(14)20-11/h3-6H,1-2H3,(H,18,19,20). The molecule has 1 N–H and O–H groups in total. The topological polar surface area (TPSA) is 37.8 Å². The zero-order valence-corrected chi connectivity index (χ0v) is 11.5. The lowest BCUT2D eigenvalue weighted by Crippen LogP contribution is -2.10. The van der Waals surface area contributed by atoms with Gasteiger partial charge in [-0.1, -0.05) is 6.07 Å². The van der Waals surface area contributed by atoms with Crippen LogP contribution in [0.1, 0.15) is 16.8 Å². The first-order valence-electron chi connectivity index (χ1n) is 5.72. The van der Waals surface area contributed by atoms with E-state index in [4.69, 9.17) is 11.6 Å². The lowest BCUT2D eigenvalue weighted by Gasteiger charge is -2.11. The summed E-state index contributed by atoms with van der Waals surface area (Å²) in [5, 5.41) is 2.34. The number of aryl methyl sites for hydroxylation is 2. The fraction of sp³-hybridized carbons (Fsp3) is 0.231. The van der Waals surface area contributed by atoms with Crippen LogP contribution in [0.15, 0.2) is 24.3 Å². The zero-order valence-electron chi connectivity index (χ0n) is 10.7. The van der Waals surface area contributed by atoms with Crippen LogP contribution >= 0.6 is 11.6 Å². The fourth-order valence-electron chi connectivity index (χ4n) is 1.59. The van der Waals surface area contributed by atoms with E-state index in [0.717, 1.165) is 17.2 Å². The van der Waals surface area contributed by atoms with Gasteiger partial charge in [-0.05, 0) is 48.7 Å². The highest BCUT2D eigenvalue weighted by Crippen LogP contribution is 2.30. The second-order valence-electron chi connectivity index (χ2n) is 4.33. The van der Waals surface area contributed by atoms with Gasteiger partial charge in [-0.3, -0.25) is 0 Å². The molecule has 1 aromatic carbocycles. The Kier molecular flexibility index (Phi) is 3.85.